The van der Waals surface area contributed by atoms with Gasteiger partial charge in [-0.15, -0.1) is 0 Å². The molecule has 1 aliphatic rings. The van der Waals surface area contributed by atoms with Crippen molar-refractivity contribution in [1.82, 2.24) is 25.1 Å². The fourth-order valence-electron chi connectivity index (χ4n) is 4.11. The number of fused-ring (bicyclic) bond motifs is 1. The predicted molar refractivity (Wildman–Crippen MR) is 119 cm³/mol. The van der Waals surface area contributed by atoms with E-state index in [2.05, 4.69) is 15.2 Å². The fraction of sp³-hybridized carbons (Fsp3) is 0.435. The van der Waals surface area contributed by atoms with E-state index in [-0.39, 0.29) is 23.1 Å². The Morgan fingerprint density at radius 3 is 2.88 bits per heavy atom. The molecule has 168 valence electrons. The lowest BCUT2D eigenvalue weighted by Crippen LogP contribution is -2.40. The van der Waals surface area contributed by atoms with Crippen molar-refractivity contribution in [2.24, 2.45) is 0 Å². The molecule has 1 aromatic carbocycles. The molecule has 3 aromatic rings. The Hall–Kier alpha value is -3.17. The average Bonchev–Trinajstić information content (AvgIpc) is 2.83. The lowest BCUT2D eigenvalue weighted by molar-refractivity contribution is 0.0602. The summed E-state index contributed by atoms with van der Waals surface area (Å²) in [6.45, 7) is 4.43. The standard InChI is InChI=1S/C23H27N5O4/c1-15-24-12-17(14-32-11-10-31-2)20(25-15)16-6-5-9-28(13-16)23(30)21-18-7-3-4-8-19(18)22(29)27-26-21/h3-4,7-8,12,16H,5-6,9-11,13-14H2,1-2H3,(H,27,29). The summed E-state index contributed by atoms with van der Waals surface area (Å²) >= 11 is 0. The van der Waals surface area contributed by atoms with Crippen molar-refractivity contribution in [3.05, 3.63) is 63.6 Å². The van der Waals surface area contributed by atoms with Gasteiger partial charge in [0.15, 0.2) is 5.69 Å². The van der Waals surface area contributed by atoms with Crippen LogP contribution in [-0.4, -0.2) is 64.4 Å². The van der Waals surface area contributed by atoms with Gasteiger partial charge in [0.05, 0.1) is 30.9 Å². The van der Waals surface area contributed by atoms with Crippen LogP contribution >= 0.6 is 0 Å². The molecule has 3 heterocycles. The Bertz CT molecular complexity index is 1160. The van der Waals surface area contributed by atoms with Crippen LogP contribution in [0.5, 0.6) is 0 Å². The van der Waals surface area contributed by atoms with E-state index in [9.17, 15) is 9.59 Å². The van der Waals surface area contributed by atoms with Crippen LogP contribution in [0.1, 0.15) is 46.3 Å². The van der Waals surface area contributed by atoms with Gasteiger partial charge in [0.25, 0.3) is 11.5 Å². The largest absolute Gasteiger partial charge is 0.382 e. The molecule has 32 heavy (non-hydrogen) atoms. The first-order valence-electron chi connectivity index (χ1n) is 10.7. The third-order valence-corrected chi connectivity index (χ3v) is 5.70. The highest BCUT2D eigenvalue weighted by Gasteiger charge is 2.29. The number of aromatic amines is 1. The van der Waals surface area contributed by atoms with Crippen LogP contribution in [0.3, 0.4) is 0 Å². The van der Waals surface area contributed by atoms with Crippen LogP contribution in [0.2, 0.25) is 0 Å². The number of methoxy groups -OCH3 is 1. The highest BCUT2D eigenvalue weighted by Crippen LogP contribution is 2.29. The number of likely N-dealkylation sites (tertiary alicyclic amines) is 1. The molecule has 4 rings (SSSR count). The zero-order chi connectivity index (χ0) is 22.5. The minimum absolute atomic E-state index is 0.0736. The SMILES string of the molecule is COCCOCc1cnc(C)nc1C1CCCN(C(=O)c2n[nH]c(=O)c3ccccc23)C1. The summed E-state index contributed by atoms with van der Waals surface area (Å²) in [4.78, 5) is 36.3. The van der Waals surface area contributed by atoms with Crippen LogP contribution in [0.15, 0.2) is 35.3 Å². The smallest absolute Gasteiger partial charge is 0.274 e. The lowest BCUT2D eigenvalue weighted by atomic mass is 9.91. The summed E-state index contributed by atoms with van der Waals surface area (Å²) in [5.74, 6) is 0.577. The minimum Gasteiger partial charge on any atom is -0.382 e. The van der Waals surface area contributed by atoms with Crippen molar-refractivity contribution in [3.8, 4) is 0 Å². The number of carbonyl (C=O) groups is 1. The topological polar surface area (TPSA) is 110 Å². The zero-order valence-corrected chi connectivity index (χ0v) is 18.3. The van der Waals surface area contributed by atoms with Crippen molar-refractivity contribution in [3.63, 3.8) is 0 Å². The van der Waals surface area contributed by atoms with Crippen LogP contribution in [0, 0.1) is 6.92 Å². The van der Waals surface area contributed by atoms with Crippen molar-refractivity contribution in [2.75, 3.05) is 33.4 Å². The number of amides is 1. The van der Waals surface area contributed by atoms with E-state index >= 15 is 0 Å². The second kappa shape index (κ2) is 9.97. The lowest BCUT2D eigenvalue weighted by Gasteiger charge is -2.33. The number of hydrogen-bond donors (Lipinski definition) is 1. The summed E-state index contributed by atoms with van der Waals surface area (Å²) in [6.07, 6.45) is 3.58. The number of benzene rings is 1. The maximum absolute atomic E-state index is 13.4. The third kappa shape index (κ3) is 4.68. The summed E-state index contributed by atoms with van der Waals surface area (Å²) < 4.78 is 10.7. The van der Waals surface area contributed by atoms with Gasteiger partial charge >= 0.3 is 0 Å². The molecule has 1 aliphatic heterocycles. The van der Waals surface area contributed by atoms with Crippen molar-refractivity contribution < 1.29 is 14.3 Å². The van der Waals surface area contributed by atoms with Crippen molar-refractivity contribution in [1.29, 1.82) is 0 Å². The molecular weight excluding hydrogens is 410 g/mol. The Morgan fingerprint density at radius 1 is 1.25 bits per heavy atom. The maximum Gasteiger partial charge on any atom is 0.274 e. The molecule has 9 heteroatoms. The predicted octanol–water partition coefficient (Wildman–Crippen LogP) is 2.20. The van der Waals surface area contributed by atoms with Gasteiger partial charge in [-0.1, -0.05) is 18.2 Å². The number of nitrogens with zero attached hydrogens (tertiary/aromatic N) is 4. The van der Waals surface area contributed by atoms with Gasteiger partial charge in [0.1, 0.15) is 5.82 Å². The van der Waals surface area contributed by atoms with Gasteiger partial charge in [0.2, 0.25) is 0 Å². The van der Waals surface area contributed by atoms with E-state index in [1.807, 2.05) is 13.1 Å². The second-order valence-corrected chi connectivity index (χ2v) is 7.91. The molecule has 0 saturated carbocycles. The number of aromatic nitrogens is 4. The molecule has 0 radical (unpaired) electrons. The third-order valence-electron chi connectivity index (χ3n) is 5.70. The number of hydrogen-bond acceptors (Lipinski definition) is 7. The van der Waals surface area contributed by atoms with Gasteiger partial charge in [-0.05, 0) is 25.8 Å². The van der Waals surface area contributed by atoms with E-state index < -0.39 is 0 Å². The number of rotatable bonds is 7. The van der Waals surface area contributed by atoms with Crippen LogP contribution in [-0.2, 0) is 16.1 Å². The van der Waals surface area contributed by atoms with Gasteiger partial charge in [0, 0.05) is 43.3 Å². The van der Waals surface area contributed by atoms with E-state index in [0.29, 0.717) is 49.5 Å². The highest BCUT2D eigenvalue weighted by molar-refractivity contribution is 6.04. The summed E-state index contributed by atoms with van der Waals surface area (Å²) in [7, 11) is 1.64. The molecule has 1 fully saturated rings. The number of aryl methyl sites for hydroxylation is 1. The summed E-state index contributed by atoms with van der Waals surface area (Å²) in [5, 5.41) is 7.56. The summed E-state index contributed by atoms with van der Waals surface area (Å²) in [5.41, 5.74) is 1.82. The molecule has 1 amide bonds. The molecular formula is C23H27N5O4. The molecule has 0 aliphatic carbocycles. The number of H-pyrrole nitrogens is 1. The summed E-state index contributed by atoms with van der Waals surface area (Å²) in [6, 6.07) is 7.04. The molecule has 1 saturated heterocycles. The normalized spacial score (nSPS) is 16.4. The molecule has 1 atom stereocenters. The molecule has 9 nitrogen and oxygen atoms in total. The fourth-order valence-corrected chi connectivity index (χ4v) is 4.11. The Balaban J connectivity index is 1.57. The van der Waals surface area contributed by atoms with Crippen LogP contribution in [0.4, 0.5) is 0 Å². The number of carbonyl (C=O) groups excluding carboxylic acids is 1. The second-order valence-electron chi connectivity index (χ2n) is 7.91. The molecule has 0 bridgehead atoms. The van der Waals surface area contributed by atoms with E-state index in [1.54, 1.807) is 36.3 Å². The monoisotopic (exact) mass is 437 g/mol. The Kier molecular flexibility index (Phi) is 6.87. The number of nitrogens with one attached hydrogen (secondary N) is 1. The van der Waals surface area contributed by atoms with Gasteiger partial charge in [-0.25, -0.2) is 15.1 Å². The van der Waals surface area contributed by atoms with E-state index in [4.69, 9.17) is 14.5 Å². The first-order chi connectivity index (χ1) is 15.6. The minimum atomic E-state index is -0.303. The van der Waals surface area contributed by atoms with E-state index in [0.717, 1.165) is 24.1 Å². The highest BCUT2D eigenvalue weighted by atomic mass is 16.5. The van der Waals surface area contributed by atoms with Gasteiger partial charge < -0.3 is 14.4 Å². The maximum atomic E-state index is 13.4. The van der Waals surface area contributed by atoms with E-state index in [1.165, 1.54) is 0 Å². The first kappa shape index (κ1) is 22.0. The molecule has 1 N–H and O–H groups in total. The number of piperidine rings is 1. The molecule has 2 aromatic heterocycles. The van der Waals surface area contributed by atoms with Crippen LogP contribution < -0.4 is 5.56 Å². The zero-order valence-electron chi connectivity index (χ0n) is 18.3. The van der Waals surface area contributed by atoms with Crippen LogP contribution in [0.25, 0.3) is 10.8 Å². The molecule has 0 spiro atoms. The Morgan fingerprint density at radius 2 is 2.06 bits per heavy atom. The molecule has 1 unspecified atom stereocenters. The average molecular weight is 438 g/mol. The number of ether oxygens (including phenoxy) is 2. The Labute approximate surface area is 185 Å². The first-order valence-corrected chi connectivity index (χ1v) is 10.7. The van der Waals surface area contributed by atoms with Crippen molar-refractivity contribution in [2.45, 2.75) is 32.3 Å². The van der Waals surface area contributed by atoms with Crippen molar-refractivity contribution >= 4 is 16.7 Å². The van der Waals surface area contributed by atoms with Gasteiger partial charge in [-0.2, -0.15) is 5.10 Å². The quantitative estimate of drug-likeness (QED) is 0.564. The van der Waals surface area contributed by atoms with Gasteiger partial charge in [-0.3, -0.25) is 9.59 Å².